The Kier molecular flexibility index (Phi) is 5.87. The number of carboxylic acid groups (broad SMARTS) is 1. The van der Waals surface area contributed by atoms with Gasteiger partial charge < -0.3 is 19.0 Å². The molecule has 154 valence electrons. The zero-order valence-electron chi connectivity index (χ0n) is 16.6. The topological polar surface area (TPSA) is 81.8 Å². The number of hydrogen-bond donors (Lipinski definition) is 1. The van der Waals surface area contributed by atoms with E-state index in [4.69, 9.17) is 13.9 Å². The zero-order valence-corrected chi connectivity index (χ0v) is 17.5. The maximum atomic E-state index is 11.5. The number of aliphatic carboxylic acids is 1. The fourth-order valence-electron chi connectivity index (χ4n) is 3.29. The summed E-state index contributed by atoms with van der Waals surface area (Å²) in [5.41, 5.74) is 1.79. The van der Waals surface area contributed by atoms with Crippen LogP contribution in [0.1, 0.15) is 55.0 Å². The first kappa shape index (κ1) is 19.9. The molecule has 1 unspecified atom stereocenters. The molecular weight excluding hydrogens is 390 g/mol. The van der Waals surface area contributed by atoms with Gasteiger partial charge in [0.05, 0.1) is 0 Å². The molecule has 1 saturated carbocycles. The quantitative estimate of drug-likeness (QED) is 0.497. The SMILES string of the molecule is CCCOC(Cc1ccc(OCc2nc(C3CC3)oc2C)c2ccsc12)C(=O)O. The predicted molar refractivity (Wildman–Crippen MR) is 111 cm³/mol. The molecule has 29 heavy (non-hydrogen) atoms. The van der Waals surface area contributed by atoms with Crippen molar-refractivity contribution in [3.8, 4) is 5.75 Å². The number of nitrogens with zero attached hydrogens (tertiary/aromatic N) is 1. The molecule has 0 radical (unpaired) electrons. The van der Waals surface area contributed by atoms with Crippen LogP contribution < -0.4 is 4.74 Å². The number of rotatable bonds is 10. The normalized spacial score (nSPS) is 15.0. The summed E-state index contributed by atoms with van der Waals surface area (Å²) in [6, 6.07) is 5.85. The second-order valence-corrected chi connectivity index (χ2v) is 8.32. The zero-order chi connectivity index (χ0) is 20.4. The Morgan fingerprint density at radius 2 is 2.21 bits per heavy atom. The minimum Gasteiger partial charge on any atom is -0.486 e. The number of thiophene rings is 1. The Morgan fingerprint density at radius 3 is 2.93 bits per heavy atom. The molecule has 3 aromatic rings. The van der Waals surface area contributed by atoms with Crippen LogP contribution in [0.25, 0.3) is 10.1 Å². The fraction of sp³-hybridized carbons (Fsp3) is 0.455. The van der Waals surface area contributed by atoms with Gasteiger partial charge in [0.15, 0.2) is 12.0 Å². The molecule has 1 aliphatic carbocycles. The van der Waals surface area contributed by atoms with E-state index in [0.717, 1.165) is 58.0 Å². The van der Waals surface area contributed by atoms with E-state index in [2.05, 4.69) is 4.98 Å². The van der Waals surface area contributed by atoms with Crippen molar-refractivity contribution in [2.75, 3.05) is 6.61 Å². The summed E-state index contributed by atoms with van der Waals surface area (Å²) in [5, 5.41) is 12.4. The number of aromatic nitrogens is 1. The van der Waals surface area contributed by atoms with Crippen LogP contribution in [0.2, 0.25) is 0 Å². The average Bonchev–Trinajstić information content (AvgIpc) is 3.31. The Balaban J connectivity index is 1.51. The number of ether oxygens (including phenoxy) is 2. The van der Waals surface area contributed by atoms with Gasteiger partial charge in [-0.1, -0.05) is 13.0 Å². The lowest BCUT2D eigenvalue weighted by Crippen LogP contribution is -2.26. The highest BCUT2D eigenvalue weighted by molar-refractivity contribution is 7.17. The fourth-order valence-corrected chi connectivity index (χ4v) is 4.23. The first-order valence-electron chi connectivity index (χ1n) is 9.99. The van der Waals surface area contributed by atoms with Crippen molar-refractivity contribution in [2.24, 2.45) is 0 Å². The summed E-state index contributed by atoms with van der Waals surface area (Å²) in [4.78, 5) is 16.1. The summed E-state index contributed by atoms with van der Waals surface area (Å²) in [6.45, 7) is 4.67. The van der Waals surface area contributed by atoms with Crippen LogP contribution in [0.3, 0.4) is 0 Å². The summed E-state index contributed by atoms with van der Waals surface area (Å²) >= 11 is 1.58. The van der Waals surface area contributed by atoms with E-state index in [1.54, 1.807) is 11.3 Å². The Bertz CT molecular complexity index is 1000. The third kappa shape index (κ3) is 4.46. The number of fused-ring (bicyclic) bond motifs is 1. The highest BCUT2D eigenvalue weighted by atomic mass is 32.1. The van der Waals surface area contributed by atoms with Gasteiger partial charge >= 0.3 is 5.97 Å². The van der Waals surface area contributed by atoms with Crippen LogP contribution in [0.15, 0.2) is 28.0 Å². The van der Waals surface area contributed by atoms with Crippen LogP contribution in [0, 0.1) is 6.92 Å². The summed E-state index contributed by atoms with van der Waals surface area (Å²) < 4.78 is 18.4. The molecule has 1 aromatic carbocycles. The van der Waals surface area contributed by atoms with Crippen molar-refractivity contribution in [2.45, 2.75) is 58.2 Å². The number of benzene rings is 1. The number of carboxylic acids is 1. The minimum absolute atomic E-state index is 0.333. The van der Waals surface area contributed by atoms with Gasteiger partial charge in [-0.05, 0) is 49.3 Å². The number of hydrogen-bond acceptors (Lipinski definition) is 6. The van der Waals surface area contributed by atoms with Crippen molar-refractivity contribution in [1.29, 1.82) is 0 Å². The third-order valence-corrected chi connectivity index (χ3v) is 6.05. The molecule has 4 rings (SSSR count). The Labute approximate surface area is 173 Å². The van der Waals surface area contributed by atoms with E-state index >= 15 is 0 Å². The molecule has 6 nitrogen and oxygen atoms in total. The van der Waals surface area contributed by atoms with Gasteiger partial charge in [-0.25, -0.2) is 9.78 Å². The van der Waals surface area contributed by atoms with Crippen LogP contribution >= 0.6 is 11.3 Å². The van der Waals surface area contributed by atoms with Gasteiger partial charge in [0.25, 0.3) is 0 Å². The molecular formula is C22H25NO5S. The first-order chi connectivity index (χ1) is 14.1. The summed E-state index contributed by atoms with van der Waals surface area (Å²) in [6.07, 6.45) is 2.58. The summed E-state index contributed by atoms with van der Waals surface area (Å²) in [7, 11) is 0. The number of aryl methyl sites for hydroxylation is 1. The largest absolute Gasteiger partial charge is 0.486 e. The Hall–Kier alpha value is -2.38. The summed E-state index contributed by atoms with van der Waals surface area (Å²) in [5.74, 6) is 1.94. The lowest BCUT2D eigenvalue weighted by Gasteiger charge is -2.15. The van der Waals surface area contributed by atoms with E-state index in [-0.39, 0.29) is 0 Å². The van der Waals surface area contributed by atoms with Gasteiger partial charge in [0.2, 0.25) is 0 Å². The molecule has 0 saturated heterocycles. The minimum atomic E-state index is -0.934. The Morgan fingerprint density at radius 1 is 1.38 bits per heavy atom. The van der Waals surface area contributed by atoms with Gasteiger partial charge in [-0.15, -0.1) is 11.3 Å². The van der Waals surface area contributed by atoms with E-state index in [1.165, 1.54) is 0 Å². The predicted octanol–water partition coefficient (Wildman–Crippen LogP) is 5.08. The maximum absolute atomic E-state index is 11.5. The van der Waals surface area contributed by atoms with E-state index in [0.29, 0.717) is 25.6 Å². The van der Waals surface area contributed by atoms with Crippen LogP contribution in [-0.2, 0) is 22.6 Å². The van der Waals surface area contributed by atoms with E-state index in [9.17, 15) is 9.90 Å². The number of oxazole rings is 1. The molecule has 0 bridgehead atoms. The van der Waals surface area contributed by atoms with Crippen molar-refractivity contribution < 1.29 is 23.8 Å². The second kappa shape index (κ2) is 8.55. The maximum Gasteiger partial charge on any atom is 0.333 e. The molecule has 1 N–H and O–H groups in total. The molecule has 7 heteroatoms. The van der Waals surface area contributed by atoms with Crippen LogP contribution in [0.5, 0.6) is 5.75 Å². The van der Waals surface area contributed by atoms with Gasteiger partial charge in [-0.2, -0.15) is 0 Å². The van der Waals surface area contributed by atoms with Gasteiger partial charge in [-0.3, -0.25) is 0 Å². The lowest BCUT2D eigenvalue weighted by atomic mass is 10.1. The van der Waals surface area contributed by atoms with E-state index in [1.807, 2.05) is 37.4 Å². The first-order valence-corrected chi connectivity index (χ1v) is 10.9. The molecule has 0 amide bonds. The van der Waals surface area contributed by atoms with Crippen molar-refractivity contribution >= 4 is 27.4 Å². The van der Waals surface area contributed by atoms with Gasteiger partial charge in [0.1, 0.15) is 23.8 Å². The number of carbonyl (C=O) groups is 1. The smallest absolute Gasteiger partial charge is 0.333 e. The van der Waals surface area contributed by atoms with Crippen LogP contribution in [-0.4, -0.2) is 28.8 Å². The average molecular weight is 416 g/mol. The van der Waals surface area contributed by atoms with Gasteiger partial charge in [0, 0.05) is 29.0 Å². The molecule has 0 aliphatic heterocycles. The highest BCUT2D eigenvalue weighted by Gasteiger charge is 2.29. The monoisotopic (exact) mass is 415 g/mol. The molecule has 1 fully saturated rings. The lowest BCUT2D eigenvalue weighted by molar-refractivity contribution is -0.150. The highest BCUT2D eigenvalue weighted by Crippen LogP contribution is 2.40. The van der Waals surface area contributed by atoms with E-state index < -0.39 is 12.1 Å². The molecule has 0 spiro atoms. The van der Waals surface area contributed by atoms with Crippen molar-refractivity contribution in [1.82, 2.24) is 4.98 Å². The van der Waals surface area contributed by atoms with Crippen LogP contribution in [0.4, 0.5) is 0 Å². The third-order valence-electron chi connectivity index (χ3n) is 5.06. The second-order valence-electron chi connectivity index (χ2n) is 7.41. The van der Waals surface area contributed by atoms with Crippen molar-refractivity contribution in [3.63, 3.8) is 0 Å². The molecule has 2 aromatic heterocycles. The molecule has 1 aliphatic rings. The molecule has 1 atom stereocenters. The standard InChI is InChI=1S/C22H25NO5S/c1-3-9-26-19(22(24)25)11-15-6-7-18(16-8-10-29-20(15)16)27-12-17-13(2)28-21(23-17)14-4-5-14/h6-8,10,14,19H,3-5,9,11-12H2,1-2H3,(H,24,25). The van der Waals surface area contributed by atoms with Crippen molar-refractivity contribution in [3.05, 3.63) is 46.5 Å². The molecule has 2 heterocycles.